The van der Waals surface area contributed by atoms with Crippen molar-refractivity contribution in [3.05, 3.63) is 35.9 Å². The highest BCUT2D eigenvalue weighted by atomic mass is 16.5. The summed E-state index contributed by atoms with van der Waals surface area (Å²) in [7, 11) is 9.52. The van der Waals surface area contributed by atoms with Crippen molar-refractivity contribution in [3.8, 4) is 23.0 Å². The number of methoxy groups -OCH3 is 2. The van der Waals surface area contributed by atoms with E-state index in [0.29, 0.717) is 11.5 Å². The number of hydrogen-bond donors (Lipinski definition) is 2. The van der Waals surface area contributed by atoms with Crippen LogP contribution in [-0.2, 0) is 6.42 Å². The molecule has 26 heavy (non-hydrogen) atoms. The molecular formula is C21H26NO4+. The molecular weight excluding hydrogens is 330 g/mol. The first-order valence-corrected chi connectivity index (χ1v) is 8.58. The molecule has 0 aromatic heterocycles. The normalized spacial score (nSPS) is 11.9. The Kier molecular flexibility index (Phi) is 4.59. The number of likely N-dealkylation sites (N-methyl/N-ethyl adjacent to an activating group) is 1. The van der Waals surface area contributed by atoms with Crippen molar-refractivity contribution in [3.63, 3.8) is 0 Å². The predicted octanol–water partition coefficient (Wildman–Crippen LogP) is 3.67. The molecule has 5 nitrogen and oxygen atoms in total. The van der Waals surface area contributed by atoms with Crippen LogP contribution < -0.4 is 9.47 Å². The molecule has 0 aliphatic rings. The average Bonchev–Trinajstić information content (AvgIpc) is 2.58. The summed E-state index contributed by atoms with van der Waals surface area (Å²) in [5, 5.41) is 24.2. The van der Waals surface area contributed by atoms with Crippen molar-refractivity contribution in [2.75, 3.05) is 41.9 Å². The second kappa shape index (κ2) is 6.57. The molecule has 0 bridgehead atoms. The van der Waals surface area contributed by atoms with Gasteiger partial charge < -0.3 is 24.2 Å². The van der Waals surface area contributed by atoms with E-state index >= 15 is 0 Å². The summed E-state index contributed by atoms with van der Waals surface area (Å²) in [5.74, 6) is 1.04. The predicted molar refractivity (Wildman–Crippen MR) is 104 cm³/mol. The van der Waals surface area contributed by atoms with Crippen molar-refractivity contribution in [2.45, 2.75) is 6.42 Å². The number of quaternary nitrogens is 1. The Morgan fingerprint density at radius 2 is 1.62 bits per heavy atom. The first-order chi connectivity index (χ1) is 12.2. The molecule has 0 aliphatic carbocycles. The molecule has 3 aromatic rings. The highest BCUT2D eigenvalue weighted by molar-refractivity contribution is 6.13. The van der Waals surface area contributed by atoms with Crippen molar-refractivity contribution in [1.29, 1.82) is 0 Å². The van der Waals surface area contributed by atoms with Crippen LogP contribution in [-0.4, -0.2) is 56.6 Å². The number of fused-ring (bicyclic) bond motifs is 3. The Bertz CT molecular complexity index is 974. The van der Waals surface area contributed by atoms with Gasteiger partial charge in [0.25, 0.3) is 0 Å². The summed E-state index contributed by atoms with van der Waals surface area (Å²) in [6.45, 7) is 0.942. The molecule has 0 heterocycles. The zero-order valence-corrected chi connectivity index (χ0v) is 16.0. The van der Waals surface area contributed by atoms with Crippen molar-refractivity contribution < 1.29 is 24.2 Å². The van der Waals surface area contributed by atoms with Gasteiger partial charge in [-0.15, -0.1) is 0 Å². The number of hydrogen-bond acceptors (Lipinski definition) is 4. The molecule has 0 amide bonds. The van der Waals surface area contributed by atoms with Gasteiger partial charge in [0.1, 0.15) is 0 Å². The van der Waals surface area contributed by atoms with Gasteiger partial charge in [0, 0.05) is 11.8 Å². The summed E-state index contributed by atoms with van der Waals surface area (Å²) >= 11 is 0. The third-order valence-electron chi connectivity index (χ3n) is 4.69. The Balaban J connectivity index is 2.34. The third kappa shape index (κ3) is 3.22. The minimum absolute atomic E-state index is 0.0868. The van der Waals surface area contributed by atoms with E-state index in [1.807, 2.05) is 12.1 Å². The van der Waals surface area contributed by atoms with Crippen LogP contribution in [0.5, 0.6) is 23.0 Å². The molecule has 3 rings (SSSR count). The smallest absolute Gasteiger partial charge is 0.168 e. The number of benzene rings is 3. The number of phenols is 2. The zero-order chi connectivity index (χ0) is 19.1. The van der Waals surface area contributed by atoms with Crippen LogP contribution >= 0.6 is 0 Å². The first kappa shape index (κ1) is 18.1. The van der Waals surface area contributed by atoms with E-state index in [1.54, 1.807) is 25.3 Å². The Morgan fingerprint density at radius 1 is 0.885 bits per heavy atom. The maximum absolute atomic E-state index is 10.5. The number of ether oxygens (including phenoxy) is 2. The quantitative estimate of drug-likeness (QED) is 0.541. The van der Waals surface area contributed by atoms with Crippen molar-refractivity contribution in [1.82, 2.24) is 0 Å². The van der Waals surface area contributed by atoms with E-state index in [9.17, 15) is 10.2 Å². The first-order valence-electron chi connectivity index (χ1n) is 8.58. The molecule has 0 saturated carbocycles. The maximum atomic E-state index is 10.5. The molecule has 0 spiro atoms. The molecule has 0 aliphatic heterocycles. The molecule has 0 fully saturated rings. The number of nitrogens with zero attached hydrogens (tertiary/aromatic N) is 1. The minimum Gasteiger partial charge on any atom is -0.504 e. The second-order valence-electron chi connectivity index (χ2n) is 7.59. The van der Waals surface area contributed by atoms with Gasteiger partial charge in [-0.3, -0.25) is 0 Å². The van der Waals surface area contributed by atoms with Crippen LogP contribution in [0.1, 0.15) is 5.56 Å². The van der Waals surface area contributed by atoms with E-state index in [4.69, 9.17) is 9.47 Å². The van der Waals surface area contributed by atoms with Gasteiger partial charge in [0.15, 0.2) is 23.0 Å². The molecule has 0 unspecified atom stereocenters. The SMILES string of the molecule is COc1cc2c(ccc3c(CC[N+](C)(C)C)cc(O)c(OC)c32)cc1O. The largest absolute Gasteiger partial charge is 0.504 e. The lowest BCUT2D eigenvalue weighted by Gasteiger charge is -2.24. The van der Waals surface area contributed by atoms with Gasteiger partial charge in [-0.2, -0.15) is 0 Å². The minimum atomic E-state index is 0.0868. The van der Waals surface area contributed by atoms with E-state index in [2.05, 4.69) is 21.1 Å². The van der Waals surface area contributed by atoms with E-state index in [1.165, 1.54) is 7.11 Å². The standard InChI is InChI=1S/C21H25NO4/c1-22(2,3)9-8-14-11-18(24)21(26-5)20-15(14)7-6-13-10-17(23)19(25-4)12-16(13)20/h6-7,10-12H,8-9H2,1-5H3,(H-,23,24)/p+1. The third-order valence-corrected chi connectivity index (χ3v) is 4.69. The Morgan fingerprint density at radius 3 is 2.23 bits per heavy atom. The van der Waals surface area contributed by atoms with E-state index in [0.717, 1.165) is 44.6 Å². The lowest BCUT2D eigenvalue weighted by atomic mass is 9.95. The molecule has 0 atom stereocenters. The highest BCUT2D eigenvalue weighted by Gasteiger charge is 2.18. The van der Waals surface area contributed by atoms with Gasteiger partial charge in [-0.1, -0.05) is 12.1 Å². The van der Waals surface area contributed by atoms with Gasteiger partial charge in [-0.25, -0.2) is 0 Å². The summed E-state index contributed by atoms with van der Waals surface area (Å²) in [6.07, 6.45) is 0.832. The molecule has 0 radical (unpaired) electrons. The second-order valence-corrected chi connectivity index (χ2v) is 7.59. The monoisotopic (exact) mass is 356 g/mol. The molecule has 5 heteroatoms. The van der Waals surface area contributed by atoms with Crippen LogP contribution in [0, 0.1) is 0 Å². The summed E-state index contributed by atoms with van der Waals surface area (Å²) < 4.78 is 11.6. The Hall–Kier alpha value is -2.66. The van der Waals surface area contributed by atoms with Crippen LogP contribution in [0.15, 0.2) is 30.3 Å². The van der Waals surface area contributed by atoms with Gasteiger partial charge in [-0.05, 0) is 39.9 Å². The molecule has 0 saturated heterocycles. The maximum Gasteiger partial charge on any atom is 0.168 e. The van der Waals surface area contributed by atoms with E-state index in [-0.39, 0.29) is 11.5 Å². The van der Waals surface area contributed by atoms with Crippen LogP contribution in [0.25, 0.3) is 21.5 Å². The zero-order valence-electron chi connectivity index (χ0n) is 16.0. The lowest BCUT2D eigenvalue weighted by Crippen LogP contribution is -2.36. The van der Waals surface area contributed by atoms with Crippen LogP contribution in [0.3, 0.4) is 0 Å². The fraction of sp³-hybridized carbons (Fsp3) is 0.333. The van der Waals surface area contributed by atoms with Crippen molar-refractivity contribution >= 4 is 21.5 Å². The molecule has 2 N–H and O–H groups in total. The highest BCUT2D eigenvalue weighted by Crippen LogP contribution is 2.43. The molecule has 3 aromatic carbocycles. The van der Waals surface area contributed by atoms with Crippen LogP contribution in [0.2, 0.25) is 0 Å². The number of phenolic OH excluding ortho intramolecular Hbond substituents is 2. The fourth-order valence-corrected chi connectivity index (χ4v) is 3.32. The summed E-state index contributed by atoms with van der Waals surface area (Å²) in [5.41, 5.74) is 1.07. The topological polar surface area (TPSA) is 58.9 Å². The lowest BCUT2D eigenvalue weighted by molar-refractivity contribution is -0.870. The summed E-state index contributed by atoms with van der Waals surface area (Å²) in [6, 6.07) is 9.25. The van der Waals surface area contributed by atoms with Crippen LogP contribution in [0.4, 0.5) is 0 Å². The number of aromatic hydroxyl groups is 2. The Labute approximate surface area is 153 Å². The van der Waals surface area contributed by atoms with E-state index < -0.39 is 0 Å². The average molecular weight is 356 g/mol. The van der Waals surface area contributed by atoms with Gasteiger partial charge >= 0.3 is 0 Å². The van der Waals surface area contributed by atoms with Gasteiger partial charge in [0.05, 0.1) is 41.9 Å². The molecule has 138 valence electrons. The summed E-state index contributed by atoms with van der Waals surface area (Å²) in [4.78, 5) is 0. The fourth-order valence-electron chi connectivity index (χ4n) is 3.32. The van der Waals surface area contributed by atoms with Gasteiger partial charge in [0.2, 0.25) is 0 Å². The van der Waals surface area contributed by atoms with Crippen molar-refractivity contribution in [2.24, 2.45) is 0 Å². The number of rotatable bonds is 5.